The van der Waals surface area contributed by atoms with Crippen molar-refractivity contribution in [2.75, 3.05) is 24.8 Å². The van der Waals surface area contributed by atoms with Crippen molar-refractivity contribution in [2.24, 2.45) is 5.92 Å². The number of para-hydroxylation sites is 1. The van der Waals surface area contributed by atoms with Gasteiger partial charge in [0.1, 0.15) is 0 Å². The summed E-state index contributed by atoms with van der Waals surface area (Å²) in [6, 6.07) is 7.28. The van der Waals surface area contributed by atoms with Crippen molar-refractivity contribution < 1.29 is 4.74 Å². The minimum absolute atomic E-state index is 0.196. The number of nitrogen functional groups attached to an aromatic ring is 1. The molecule has 1 saturated heterocycles. The Morgan fingerprint density at radius 3 is 3.10 bits per heavy atom. The highest BCUT2D eigenvalue weighted by molar-refractivity contribution is 7.99. The molecule has 20 heavy (non-hydrogen) atoms. The van der Waals surface area contributed by atoms with E-state index in [1.165, 1.54) is 11.8 Å². The first-order valence-electron chi connectivity index (χ1n) is 6.73. The zero-order chi connectivity index (χ0) is 13.9. The Kier molecular flexibility index (Phi) is 3.93. The lowest BCUT2D eigenvalue weighted by atomic mass is 10.1. The molecule has 1 aliphatic heterocycles. The van der Waals surface area contributed by atoms with Crippen molar-refractivity contribution in [3.05, 3.63) is 34.6 Å². The standard InChI is InChI=1S/C14H17N3O2S/c15-17-13(18)11-5-1-2-6-12(11)16-14(17)20-9-10-4-3-7-19-8-10/h1-2,5-6,10H,3-4,7-9,15H2. The molecule has 1 fully saturated rings. The minimum Gasteiger partial charge on any atom is -0.381 e. The van der Waals surface area contributed by atoms with Gasteiger partial charge >= 0.3 is 0 Å². The Bertz CT molecular complexity index is 665. The molecule has 2 heterocycles. The van der Waals surface area contributed by atoms with E-state index >= 15 is 0 Å². The van der Waals surface area contributed by atoms with Crippen LogP contribution in [-0.4, -0.2) is 28.6 Å². The van der Waals surface area contributed by atoms with Crippen molar-refractivity contribution >= 4 is 22.7 Å². The van der Waals surface area contributed by atoms with Crippen molar-refractivity contribution in [2.45, 2.75) is 18.0 Å². The van der Waals surface area contributed by atoms with E-state index in [9.17, 15) is 4.79 Å². The van der Waals surface area contributed by atoms with E-state index in [2.05, 4.69) is 4.98 Å². The molecule has 0 bridgehead atoms. The molecule has 106 valence electrons. The molecular formula is C14H17N3O2S. The van der Waals surface area contributed by atoms with Gasteiger partial charge in [-0.3, -0.25) is 4.79 Å². The largest absolute Gasteiger partial charge is 0.381 e. The van der Waals surface area contributed by atoms with Gasteiger partial charge in [-0.05, 0) is 30.9 Å². The number of ether oxygens (including phenoxy) is 1. The average molecular weight is 291 g/mol. The molecule has 0 saturated carbocycles. The molecule has 0 radical (unpaired) electrons. The Balaban J connectivity index is 1.84. The zero-order valence-electron chi connectivity index (χ0n) is 11.1. The van der Waals surface area contributed by atoms with Crippen LogP contribution in [0.25, 0.3) is 10.9 Å². The number of rotatable bonds is 3. The first-order chi connectivity index (χ1) is 9.75. The van der Waals surface area contributed by atoms with Crippen LogP contribution < -0.4 is 11.4 Å². The Morgan fingerprint density at radius 1 is 1.45 bits per heavy atom. The van der Waals surface area contributed by atoms with Gasteiger partial charge in [-0.2, -0.15) is 0 Å². The third-order valence-corrected chi connectivity index (χ3v) is 4.66. The number of aromatic nitrogens is 2. The second-order valence-corrected chi connectivity index (χ2v) is 5.97. The molecule has 2 N–H and O–H groups in total. The summed E-state index contributed by atoms with van der Waals surface area (Å²) in [4.78, 5) is 16.6. The van der Waals surface area contributed by atoms with Crippen LogP contribution in [0.5, 0.6) is 0 Å². The maximum Gasteiger partial charge on any atom is 0.280 e. The zero-order valence-corrected chi connectivity index (χ0v) is 11.9. The predicted molar refractivity (Wildman–Crippen MR) is 80.4 cm³/mol. The van der Waals surface area contributed by atoms with Gasteiger partial charge in [-0.1, -0.05) is 23.9 Å². The number of fused-ring (bicyclic) bond motifs is 1. The number of nitrogens with zero attached hydrogens (tertiary/aromatic N) is 2. The maximum atomic E-state index is 12.2. The number of thioether (sulfide) groups is 1. The van der Waals surface area contributed by atoms with Crippen molar-refractivity contribution in [1.29, 1.82) is 0 Å². The highest BCUT2D eigenvalue weighted by Crippen LogP contribution is 2.23. The summed E-state index contributed by atoms with van der Waals surface area (Å²) in [7, 11) is 0. The number of benzene rings is 1. The van der Waals surface area contributed by atoms with Gasteiger partial charge in [-0.15, -0.1) is 0 Å². The van der Waals surface area contributed by atoms with E-state index in [0.29, 0.717) is 22.0 Å². The fourth-order valence-electron chi connectivity index (χ4n) is 2.36. The smallest absolute Gasteiger partial charge is 0.280 e. The Morgan fingerprint density at radius 2 is 2.30 bits per heavy atom. The van der Waals surface area contributed by atoms with Crippen LogP contribution in [-0.2, 0) is 4.74 Å². The lowest BCUT2D eigenvalue weighted by molar-refractivity contribution is 0.0632. The fraction of sp³-hybridized carbons (Fsp3) is 0.429. The number of nitrogens with two attached hydrogens (primary N) is 1. The quantitative estimate of drug-likeness (QED) is 0.529. The highest BCUT2D eigenvalue weighted by atomic mass is 32.2. The van der Waals surface area contributed by atoms with Crippen LogP contribution in [0.15, 0.2) is 34.2 Å². The van der Waals surface area contributed by atoms with Crippen LogP contribution in [0.4, 0.5) is 0 Å². The maximum absolute atomic E-state index is 12.2. The van der Waals surface area contributed by atoms with Crippen molar-refractivity contribution in [3.8, 4) is 0 Å². The van der Waals surface area contributed by atoms with Gasteiger partial charge in [0, 0.05) is 12.4 Å². The molecule has 0 spiro atoms. The van der Waals surface area contributed by atoms with Crippen molar-refractivity contribution in [3.63, 3.8) is 0 Å². The van der Waals surface area contributed by atoms with Crippen LogP contribution in [0.1, 0.15) is 12.8 Å². The Labute approximate surface area is 121 Å². The second-order valence-electron chi connectivity index (χ2n) is 4.98. The highest BCUT2D eigenvalue weighted by Gasteiger charge is 2.16. The van der Waals surface area contributed by atoms with Gasteiger partial charge in [0.2, 0.25) is 0 Å². The number of hydrogen-bond donors (Lipinski definition) is 1. The number of hydrogen-bond acceptors (Lipinski definition) is 5. The van der Waals surface area contributed by atoms with Gasteiger partial charge in [-0.25, -0.2) is 9.66 Å². The lowest BCUT2D eigenvalue weighted by Crippen LogP contribution is -2.30. The molecule has 5 nitrogen and oxygen atoms in total. The molecule has 1 unspecified atom stereocenters. The van der Waals surface area contributed by atoms with E-state index in [0.717, 1.165) is 36.5 Å². The van der Waals surface area contributed by atoms with Crippen LogP contribution in [0.2, 0.25) is 0 Å². The molecular weight excluding hydrogens is 274 g/mol. The van der Waals surface area contributed by atoms with E-state index in [1.54, 1.807) is 6.07 Å². The molecule has 1 aliphatic rings. The molecule has 0 aliphatic carbocycles. The summed E-state index contributed by atoms with van der Waals surface area (Å²) < 4.78 is 6.61. The first kappa shape index (κ1) is 13.5. The molecule has 1 aromatic heterocycles. The van der Waals surface area contributed by atoms with Crippen LogP contribution >= 0.6 is 11.8 Å². The van der Waals surface area contributed by atoms with Gasteiger partial charge in [0.05, 0.1) is 17.5 Å². The second kappa shape index (κ2) is 5.85. The summed E-state index contributed by atoms with van der Waals surface area (Å²) in [6.45, 7) is 1.65. The average Bonchev–Trinajstić information content (AvgIpc) is 2.50. The van der Waals surface area contributed by atoms with E-state index in [4.69, 9.17) is 10.6 Å². The third-order valence-electron chi connectivity index (χ3n) is 3.48. The third kappa shape index (κ3) is 2.66. The van der Waals surface area contributed by atoms with E-state index in [-0.39, 0.29) is 5.56 Å². The van der Waals surface area contributed by atoms with E-state index in [1.807, 2.05) is 18.2 Å². The summed E-state index contributed by atoms with van der Waals surface area (Å²) in [5.74, 6) is 7.24. The Hall–Kier alpha value is -1.53. The van der Waals surface area contributed by atoms with Gasteiger partial charge in [0.25, 0.3) is 5.56 Å². The van der Waals surface area contributed by atoms with Gasteiger partial charge < -0.3 is 10.6 Å². The molecule has 1 aromatic carbocycles. The topological polar surface area (TPSA) is 70.1 Å². The van der Waals surface area contributed by atoms with Gasteiger partial charge in [0.15, 0.2) is 5.16 Å². The fourth-order valence-corrected chi connectivity index (χ4v) is 3.39. The lowest BCUT2D eigenvalue weighted by Gasteiger charge is -2.21. The van der Waals surface area contributed by atoms with E-state index < -0.39 is 0 Å². The SMILES string of the molecule is Nn1c(SCC2CCCOC2)nc2ccccc2c1=O. The first-order valence-corrected chi connectivity index (χ1v) is 7.71. The normalized spacial score (nSPS) is 19.3. The predicted octanol–water partition coefficient (Wildman–Crippen LogP) is 1.63. The van der Waals surface area contributed by atoms with Crippen LogP contribution in [0, 0.1) is 5.92 Å². The summed E-state index contributed by atoms with van der Waals surface area (Å²) in [5, 5.41) is 1.12. The molecule has 6 heteroatoms. The summed E-state index contributed by atoms with van der Waals surface area (Å²) >= 11 is 1.53. The minimum atomic E-state index is -0.196. The summed E-state index contributed by atoms with van der Waals surface area (Å²) in [6.07, 6.45) is 2.27. The monoisotopic (exact) mass is 291 g/mol. The molecule has 3 rings (SSSR count). The van der Waals surface area contributed by atoms with Crippen LogP contribution in [0.3, 0.4) is 0 Å². The molecule has 0 amide bonds. The molecule has 2 aromatic rings. The molecule has 1 atom stereocenters. The van der Waals surface area contributed by atoms with Crippen molar-refractivity contribution in [1.82, 2.24) is 9.66 Å². The summed E-state index contributed by atoms with van der Waals surface area (Å²) in [5.41, 5.74) is 0.500.